The third kappa shape index (κ3) is 3.95. The van der Waals surface area contributed by atoms with Gasteiger partial charge in [-0.25, -0.2) is 9.97 Å². The second kappa shape index (κ2) is 7.30. The lowest BCUT2D eigenvalue weighted by atomic mass is 10.1. The maximum absolute atomic E-state index is 12.8. The first-order chi connectivity index (χ1) is 13.5. The minimum atomic E-state index is -0.191. The molecule has 1 aromatic carbocycles. The summed E-state index contributed by atoms with van der Waals surface area (Å²) in [5.41, 5.74) is 3.04. The van der Waals surface area contributed by atoms with Crippen molar-refractivity contribution in [2.45, 2.75) is 32.7 Å². The number of hydrogen-bond donors (Lipinski definition) is 3. The van der Waals surface area contributed by atoms with Crippen LogP contribution in [0.3, 0.4) is 0 Å². The molecule has 8 heteroatoms. The quantitative estimate of drug-likeness (QED) is 0.607. The maximum Gasteiger partial charge on any atom is 0.257 e. The Morgan fingerprint density at radius 3 is 2.71 bits per heavy atom. The van der Waals surface area contributed by atoms with E-state index < -0.39 is 0 Å². The lowest BCUT2D eigenvalue weighted by molar-refractivity contribution is 0.102. The SMILES string of the molecule is CNc1cc(C)nc(Nc2ccc(C)c(C(=O)Nc3cn(C4CC4)cn3)c2)n1. The largest absolute Gasteiger partial charge is 0.373 e. The number of hydrogen-bond acceptors (Lipinski definition) is 6. The third-order valence-electron chi connectivity index (χ3n) is 4.66. The number of carbonyl (C=O) groups is 1. The number of carbonyl (C=O) groups excluding carboxylic acids is 1. The van der Waals surface area contributed by atoms with E-state index >= 15 is 0 Å². The van der Waals surface area contributed by atoms with E-state index in [4.69, 9.17) is 0 Å². The summed E-state index contributed by atoms with van der Waals surface area (Å²) in [7, 11) is 1.81. The molecule has 0 saturated heterocycles. The van der Waals surface area contributed by atoms with Gasteiger partial charge in [-0.3, -0.25) is 4.79 Å². The van der Waals surface area contributed by atoms with Gasteiger partial charge in [-0.2, -0.15) is 4.98 Å². The summed E-state index contributed by atoms with van der Waals surface area (Å²) in [6.45, 7) is 3.81. The van der Waals surface area contributed by atoms with Crippen LogP contribution in [0.1, 0.15) is 40.5 Å². The van der Waals surface area contributed by atoms with Crippen molar-refractivity contribution in [1.82, 2.24) is 19.5 Å². The van der Waals surface area contributed by atoms with E-state index in [9.17, 15) is 4.79 Å². The third-order valence-corrected chi connectivity index (χ3v) is 4.66. The summed E-state index contributed by atoms with van der Waals surface area (Å²) in [5.74, 6) is 1.58. The molecule has 1 aliphatic carbocycles. The van der Waals surface area contributed by atoms with E-state index in [0.717, 1.165) is 22.8 Å². The first-order valence-corrected chi connectivity index (χ1v) is 9.28. The predicted octanol–water partition coefficient (Wildman–Crippen LogP) is 3.66. The Bertz CT molecular complexity index is 1020. The van der Waals surface area contributed by atoms with Gasteiger partial charge in [-0.05, 0) is 44.4 Å². The molecule has 0 unspecified atom stereocenters. The fourth-order valence-electron chi connectivity index (χ4n) is 2.98. The topological polar surface area (TPSA) is 96.8 Å². The molecule has 1 amide bonds. The number of aromatic nitrogens is 4. The second-order valence-electron chi connectivity index (χ2n) is 7.01. The molecular formula is C20H23N7O. The summed E-state index contributed by atoms with van der Waals surface area (Å²) >= 11 is 0. The zero-order valence-electron chi connectivity index (χ0n) is 16.2. The van der Waals surface area contributed by atoms with Crippen LogP contribution >= 0.6 is 0 Å². The highest BCUT2D eigenvalue weighted by atomic mass is 16.1. The number of aryl methyl sites for hydroxylation is 2. The summed E-state index contributed by atoms with van der Waals surface area (Å²) < 4.78 is 2.05. The molecule has 1 fully saturated rings. The van der Waals surface area contributed by atoms with Crippen LogP contribution in [0.5, 0.6) is 0 Å². The van der Waals surface area contributed by atoms with Crippen molar-refractivity contribution in [3.8, 4) is 0 Å². The molecule has 0 bridgehead atoms. The summed E-state index contributed by atoms with van der Waals surface area (Å²) in [6.07, 6.45) is 6.00. The summed E-state index contributed by atoms with van der Waals surface area (Å²) in [4.78, 5) is 25.8. The molecule has 3 aromatic rings. The molecular weight excluding hydrogens is 354 g/mol. The van der Waals surface area contributed by atoms with Gasteiger partial charge in [0.1, 0.15) is 5.82 Å². The molecule has 1 saturated carbocycles. The van der Waals surface area contributed by atoms with Crippen LogP contribution < -0.4 is 16.0 Å². The molecule has 0 atom stereocenters. The minimum absolute atomic E-state index is 0.191. The fraction of sp³-hybridized carbons (Fsp3) is 0.300. The van der Waals surface area contributed by atoms with Crippen molar-refractivity contribution in [3.05, 3.63) is 53.6 Å². The Labute approximate surface area is 163 Å². The van der Waals surface area contributed by atoms with Gasteiger partial charge in [-0.15, -0.1) is 0 Å². The van der Waals surface area contributed by atoms with E-state index in [1.807, 2.05) is 45.3 Å². The lowest BCUT2D eigenvalue weighted by Gasteiger charge is -2.11. The summed E-state index contributed by atoms with van der Waals surface area (Å²) in [5, 5.41) is 9.06. The van der Waals surface area contributed by atoms with Crippen molar-refractivity contribution in [3.63, 3.8) is 0 Å². The van der Waals surface area contributed by atoms with E-state index in [1.165, 1.54) is 12.8 Å². The van der Waals surface area contributed by atoms with E-state index in [2.05, 4.69) is 35.5 Å². The van der Waals surface area contributed by atoms with Gasteiger partial charge >= 0.3 is 0 Å². The van der Waals surface area contributed by atoms with Gasteiger partial charge in [0.15, 0.2) is 5.82 Å². The molecule has 0 aliphatic heterocycles. The van der Waals surface area contributed by atoms with E-state index in [1.54, 1.807) is 12.4 Å². The van der Waals surface area contributed by atoms with Crippen LogP contribution in [0.25, 0.3) is 0 Å². The highest BCUT2D eigenvalue weighted by Gasteiger charge is 2.23. The Hall–Kier alpha value is -3.42. The number of rotatable bonds is 6. The Morgan fingerprint density at radius 2 is 1.96 bits per heavy atom. The average Bonchev–Trinajstić information content (AvgIpc) is 3.42. The first kappa shape index (κ1) is 18.0. The molecule has 3 N–H and O–H groups in total. The van der Waals surface area contributed by atoms with Crippen LogP contribution in [0.15, 0.2) is 36.8 Å². The van der Waals surface area contributed by atoms with E-state index in [-0.39, 0.29) is 5.91 Å². The van der Waals surface area contributed by atoms with Crippen molar-refractivity contribution in [2.24, 2.45) is 0 Å². The van der Waals surface area contributed by atoms with Crippen LogP contribution in [-0.4, -0.2) is 32.5 Å². The molecule has 8 nitrogen and oxygen atoms in total. The smallest absolute Gasteiger partial charge is 0.257 e. The Morgan fingerprint density at radius 1 is 1.14 bits per heavy atom. The minimum Gasteiger partial charge on any atom is -0.373 e. The number of benzene rings is 1. The van der Waals surface area contributed by atoms with Crippen LogP contribution in [-0.2, 0) is 0 Å². The molecule has 2 aromatic heterocycles. The molecule has 28 heavy (non-hydrogen) atoms. The molecule has 144 valence electrons. The fourth-order valence-corrected chi connectivity index (χ4v) is 2.98. The first-order valence-electron chi connectivity index (χ1n) is 9.28. The van der Waals surface area contributed by atoms with Gasteiger partial charge < -0.3 is 20.5 Å². The van der Waals surface area contributed by atoms with Crippen molar-refractivity contribution >= 4 is 29.2 Å². The van der Waals surface area contributed by atoms with Crippen molar-refractivity contribution in [1.29, 1.82) is 0 Å². The lowest BCUT2D eigenvalue weighted by Crippen LogP contribution is -2.14. The van der Waals surface area contributed by atoms with Crippen LogP contribution in [0.2, 0.25) is 0 Å². The highest BCUT2D eigenvalue weighted by Crippen LogP contribution is 2.35. The monoisotopic (exact) mass is 377 g/mol. The maximum atomic E-state index is 12.8. The number of amides is 1. The number of anilines is 4. The van der Waals surface area contributed by atoms with Crippen molar-refractivity contribution < 1.29 is 4.79 Å². The van der Waals surface area contributed by atoms with Crippen LogP contribution in [0.4, 0.5) is 23.3 Å². The number of imidazole rings is 1. The molecule has 0 radical (unpaired) electrons. The zero-order valence-corrected chi connectivity index (χ0v) is 16.2. The Balaban J connectivity index is 1.52. The van der Waals surface area contributed by atoms with Crippen LogP contribution in [0, 0.1) is 13.8 Å². The van der Waals surface area contributed by atoms with Gasteiger partial charge in [0, 0.05) is 42.3 Å². The normalized spacial score (nSPS) is 13.2. The van der Waals surface area contributed by atoms with E-state index in [0.29, 0.717) is 23.4 Å². The highest BCUT2D eigenvalue weighted by molar-refractivity contribution is 6.05. The predicted molar refractivity (Wildman–Crippen MR) is 109 cm³/mol. The molecule has 1 aliphatic rings. The number of nitrogens with zero attached hydrogens (tertiary/aromatic N) is 4. The molecule has 2 heterocycles. The van der Waals surface area contributed by atoms with Gasteiger partial charge in [0.2, 0.25) is 5.95 Å². The van der Waals surface area contributed by atoms with Gasteiger partial charge in [0.05, 0.1) is 6.33 Å². The zero-order chi connectivity index (χ0) is 19.7. The Kier molecular flexibility index (Phi) is 4.68. The van der Waals surface area contributed by atoms with Gasteiger partial charge in [-0.1, -0.05) is 6.07 Å². The standard InChI is InChI=1S/C20H23N7O/c1-12-4-5-14(24-20-23-13(2)8-17(21-3)26-20)9-16(12)19(28)25-18-10-27(11-22-18)15-6-7-15/h4-5,8-11,15H,6-7H2,1-3H3,(H,25,28)(H2,21,23,24,26). The number of nitrogens with one attached hydrogen (secondary N) is 3. The summed E-state index contributed by atoms with van der Waals surface area (Å²) in [6, 6.07) is 7.99. The second-order valence-corrected chi connectivity index (χ2v) is 7.01. The van der Waals surface area contributed by atoms with Crippen molar-refractivity contribution in [2.75, 3.05) is 23.0 Å². The molecule has 4 rings (SSSR count). The average molecular weight is 377 g/mol. The van der Waals surface area contributed by atoms with Gasteiger partial charge in [0.25, 0.3) is 5.91 Å². The molecule has 0 spiro atoms.